The van der Waals surface area contributed by atoms with Gasteiger partial charge in [0.25, 0.3) is 0 Å². The fraction of sp³-hybridized carbons (Fsp3) is 0.792. The summed E-state index contributed by atoms with van der Waals surface area (Å²) in [7, 11) is 0. The number of hydrogen-bond donors (Lipinski definition) is 0. The van der Waals surface area contributed by atoms with Crippen LogP contribution in [0.1, 0.15) is 85.5 Å². The molecule has 0 aliphatic heterocycles. The van der Waals surface area contributed by atoms with E-state index in [1.165, 1.54) is 38.5 Å². The van der Waals surface area contributed by atoms with Crippen LogP contribution in [0.5, 0.6) is 0 Å². The third-order valence-corrected chi connectivity index (χ3v) is 9.21. The normalized spacial score (nSPS) is 45.9. The quantitative estimate of drug-likeness (QED) is 0.302. The monoisotopic (exact) mass is 388 g/mol. The molecule has 6 atom stereocenters. The summed E-state index contributed by atoms with van der Waals surface area (Å²) < 4.78 is 5.63. The molecule has 0 radical (unpaired) electrons. The van der Waals surface area contributed by atoms with E-state index in [4.69, 9.17) is 16.3 Å². The molecule has 0 N–H and O–H groups in total. The van der Waals surface area contributed by atoms with Gasteiger partial charge in [0.15, 0.2) is 0 Å². The maximum absolute atomic E-state index is 11.5. The van der Waals surface area contributed by atoms with E-state index in [9.17, 15) is 4.79 Å². The Hall–Kier alpha value is -0.940. The molecule has 0 amide bonds. The predicted octanol–water partition coefficient (Wildman–Crippen LogP) is 6.23. The minimum Gasteiger partial charge on any atom is -0.463 e. The maximum atomic E-state index is 11.5. The van der Waals surface area contributed by atoms with Crippen molar-refractivity contribution in [3.05, 3.63) is 11.1 Å². The molecule has 3 heteroatoms. The Kier molecular flexibility index (Phi) is 4.70. The molecule has 0 aromatic carbocycles. The molecule has 0 aromatic heterocycles. The number of halogens is 1. The second-order valence-corrected chi connectivity index (χ2v) is 10.5. The number of esters is 1. The zero-order valence-electron chi connectivity index (χ0n) is 17.3. The summed E-state index contributed by atoms with van der Waals surface area (Å²) in [5.74, 6) is 4.69. The smallest absolute Gasteiger partial charge is 0.302 e. The van der Waals surface area contributed by atoms with Crippen LogP contribution >= 0.6 is 11.6 Å². The molecule has 148 valence electrons. The first-order valence-electron chi connectivity index (χ1n) is 10.7. The van der Waals surface area contributed by atoms with Gasteiger partial charge in [0, 0.05) is 12.3 Å². The van der Waals surface area contributed by atoms with Gasteiger partial charge in [-0.15, -0.1) is 0 Å². The largest absolute Gasteiger partial charge is 0.463 e. The molecule has 0 spiro atoms. The number of allylic oxidation sites excluding steroid dienone is 2. The van der Waals surface area contributed by atoms with Gasteiger partial charge < -0.3 is 4.74 Å². The van der Waals surface area contributed by atoms with E-state index in [-0.39, 0.29) is 22.9 Å². The number of carbonyl (C=O) groups is 1. The van der Waals surface area contributed by atoms with Crippen LogP contribution in [0.15, 0.2) is 11.1 Å². The van der Waals surface area contributed by atoms with Crippen molar-refractivity contribution in [2.75, 3.05) is 0 Å². The molecule has 0 heterocycles. The third kappa shape index (κ3) is 2.88. The van der Waals surface area contributed by atoms with Crippen LogP contribution in [-0.2, 0) is 9.53 Å². The lowest BCUT2D eigenvalue weighted by Gasteiger charge is -2.62. The fourth-order valence-corrected chi connectivity index (χ4v) is 7.65. The van der Waals surface area contributed by atoms with Gasteiger partial charge in [-0.25, -0.2) is 0 Å². The topological polar surface area (TPSA) is 26.3 Å². The zero-order valence-corrected chi connectivity index (χ0v) is 18.0. The number of hydrogen-bond acceptors (Lipinski definition) is 2. The van der Waals surface area contributed by atoms with Crippen LogP contribution < -0.4 is 0 Å². The van der Waals surface area contributed by atoms with Gasteiger partial charge in [-0.2, -0.15) is 0 Å². The van der Waals surface area contributed by atoms with Gasteiger partial charge in [0.1, 0.15) is 6.10 Å². The van der Waals surface area contributed by atoms with E-state index >= 15 is 0 Å². The maximum Gasteiger partial charge on any atom is 0.302 e. The predicted molar refractivity (Wildman–Crippen MR) is 109 cm³/mol. The second-order valence-electron chi connectivity index (χ2n) is 10.3. The highest BCUT2D eigenvalue weighted by molar-refractivity contribution is 6.30. The van der Waals surface area contributed by atoms with Crippen molar-refractivity contribution >= 4 is 17.6 Å². The van der Waals surface area contributed by atoms with Crippen molar-refractivity contribution < 1.29 is 9.53 Å². The number of fused-ring (bicyclic) bond motifs is 4. The number of rotatable bonds is 1. The van der Waals surface area contributed by atoms with Crippen molar-refractivity contribution in [3.63, 3.8) is 0 Å². The highest BCUT2D eigenvalue weighted by Gasteiger charge is 2.59. The second kappa shape index (κ2) is 6.55. The van der Waals surface area contributed by atoms with Crippen LogP contribution in [0, 0.1) is 39.4 Å². The lowest BCUT2D eigenvalue weighted by Crippen LogP contribution is -2.55. The summed E-state index contributed by atoms with van der Waals surface area (Å²) in [6.07, 6.45) is 10.7. The fourth-order valence-electron chi connectivity index (χ4n) is 7.44. The minimum atomic E-state index is -0.126. The van der Waals surface area contributed by atoms with Gasteiger partial charge in [-0.05, 0) is 99.0 Å². The van der Waals surface area contributed by atoms with E-state index in [2.05, 4.69) is 32.1 Å². The molecule has 2 nitrogen and oxygen atoms in total. The van der Waals surface area contributed by atoms with Crippen LogP contribution in [0.2, 0.25) is 0 Å². The number of carbonyl (C=O) groups excluding carboxylic acids is 1. The standard InChI is InChI=1S/C24H33ClO2/c1-16(26)27-17-7-12-24(4)21-6-5-20-18(8-10-22(20,2)13-14-25)19(21)9-11-23(24,3)15-17/h17,19,21H,5-12,15H2,1-4H3/t17-,19-,21-,22+,23+,24-/m1/s1. The lowest BCUT2D eigenvalue weighted by atomic mass is 9.43. The Morgan fingerprint density at radius 1 is 1.11 bits per heavy atom. The van der Waals surface area contributed by atoms with Crippen molar-refractivity contribution in [1.82, 2.24) is 0 Å². The number of ether oxygens (including phenoxy) is 1. The molecule has 0 unspecified atom stereocenters. The molecule has 2 saturated carbocycles. The Bertz CT molecular complexity index is 743. The summed E-state index contributed by atoms with van der Waals surface area (Å²) in [6.45, 7) is 8.86. The first kappa shape index (κ1) is 19.4. The minimum absolute atomic E-state index is 0.0106. The van der Waals surface area contributed by atoms with E-state index < -0.39 is 0 Å². The van der Waals surface area contributed by atoms with Crippen molar-refractivity contribution in [2.24, 2.45) is 28.1 Å². The van der Waals surface area contributed by atoms with Gasteiger partial charge >= 0.3 is 5.97 Å². The highest BCUT2D eigenvalue weighted by atomic mass is 35.5. The van der Waals surface area contributed by atoms with E-state index in [0.717, 1.165) is 31.1 Å². The van der Waals surface area contributed by atoms with Crippen LogP contribution in [-0.4, -0.2) is 12.1 Å². The van der Waals surface area contributed by atoms with E-state index in [1.807, 2.05) is 0 Å². The Balaban J connectivity index is 1.62. The van der Waals surface area contributed by atoms with Crippen molar-refractivity contribution in [3.8, 4) is 11.3 Å². The average Bonchev–Trinajstić information content (AvgIpc) is 2.93. The van der Waals surface area contributed by atoms with Crippen LogP contribution in [0.3, 0.4) is 0 Å². The molecule has 0 aromatic rings. The lowest BCUT2D eigenvalue weighted by molar-refractivity contribution is -0.165. The molecule has 0 saturated heterocycles. The molecule has 4 rings (SSSR count). The van der Waals surface area contributed by atoms with Crippen molar-refractivity contribution in [2.45, 2.75) is 91.6 Å². The molecular weight excluding hydrogens is 356 g/mol. The summed E-state index contributed by atoms with van der Waals surface area (Å²) in [4.78, 5) is 11.5. The molecule has 2 fully saturated rings. The van der Waals surface area contributed by atoms with Gasteiger partial charge in [-0.3, -0.25) is 4.79 Å². The third-order valence-electron chi connectivity index (χ3n) is 9.11. The summed E-state index contributed by atoms with van der Waals surface area (Å²) in [6, 6.07) is 0. The van der Waals surface area contributed by atoms with Crippen molar-refractivity contribution in [1.29, 1.82) is 0 Å². The summed E-state index contributed by atoms with van der Waals surface area (Å²) in [5.41, 5.74) is 4.00. The van der Waals surface area contributed by atoms with Gasteiger partial charge in [-0.1, -0.05) is 30.9 Å². The van der Waals surface area contributed by atoms with E-state index in [1.54, 1.807) is 18.1 Å². The first-order valence-corrected chi connectivity index (χ1v) is 11.1. The van der Waals surface area contributed by atoms with Crippen LogP contribution in [0.25, 0.3) is 0 Å². The molecule has 4 aliphatic rings. The van der Waals surface area contributed by atoms with Gasteiger partial charge in [0.05, 0.1) is 5.41 Å². The molecule has 4 aliphatic carbocycles. The van der Waals surface area contributed by atoms with Crippen LogP contribution in [0.4, 0.5) is 0 Å². The Morgan fingerprint density at radius 2 is 1.89 bits per heavy atom. The van der Waals surface area contributed by atoms with E-state index in [0.29, 0.717) is 5.41 Å². The highest BCUT2D eigenvalue weighted by Crippen LogP contribution is 2.68. The molecule has 0 bridgehead atoms. The summed E-state index contributed by atoms with van der Waals surface area (Å²) in [5, 5.41) is 2.68. The Morgan fingerprint density at radius 3 is 2.59 bits per heavy atom. The average molecular weight is 389 g/mol. The molecular formula is C24H33ClO2. The summed E-state index contributed by atoms with van der Waals surface area (Å²) >= 11 is 5.80. The zero-order chi connectivity index (χ0) is 19.4. The SMILES string of the molecule is CC(=O)O[C@@H]1CC[C@]2(C)[C@@H]3CCC4=C(CC[C@@]4(C)C#CCl)[C@H]3CC[C@@]2(C)C1. The first-order chi connectivity index (χ1) is 12.7. The Labute approximate surface area is 169 Å². The van der Waals surface area contributed by atoms with Gasteiger partial charge in [0.2, 0.25) is 0 Å². The molecule has 27 heavy (non-hydrogen) atoms.